The summed E-state index contributed by atoms with van der Waals surface area (Å²) >= 11 is 1.30. The largest absolute Gasteiger partial charge is 0.396 e. The molecule has 6 heteroatoms. The van der Waals surface area contributed by atoms with Crippen molar-refractivity contribution in [3.63, 3.8) is 0 Å². The number of nitrogens with zero attached hydrogens (tertiary/aromatic N) is 2. The molecule has 1 fully saturated rings. The third kappa shape index (κ3) is 3.04. The number of nitrogens with two attached hydrogens (primary N) is 1. The Hall–Kier alpha value is -1.58. The summed E-state index contributed by atoms with van der Waals surface area (Å²) < 4.78 is 0. The number of rotatable bonds is 3. The molecular formula is C15H21N3O2S. The van der Waals surface area contributed by atoms with E-state index in [2.05, 4.69) is 11.0 Å². The topological polar surface area (TPSA) is 90.4 Å². The van der Waals surface area contributed by atoms with Crippen LogP contribution in [0.25, 0.3) is 0 Å². The minimum Gasteiger partial charge on any atom is -0.396 e. The number of hydrogen-bond donors (Lipinski definition) is 2. The molecule has 0 aliphatic carbocycles. The standard InChI is InChI=1S/C15H21N3O2S/c1-9(2)12(19)13-11(17)10(8-16)14(21-13)18-6-4-15(3,20)5-7-18/h9,20H,4-7,17H2,1-3H3. The molecular weight excluding hydrogens is 286 g/mol. The van der Waals surface area contributed by atoms with Crippen LogP contribution in [0.4, 0.5) is 10.7 Å². The Morgan fingerprint density at radius 2 is 2.05 bits per heavy atom. The van der Waals surface area contributed by atoms with Crippen molar-refractivity contribution in [3.05, 3.63) is 10.4 Å². The van der Waals surface area contributed by atoms with Gasteiger partial charge in [0.05, 0.1) is 16.2 Å². The van der Waals surface area contributed by atoms with Gasteiger partial charge in [-0.2, -0.15) is 5.26 Å². The van der Waals surface area contributed by atoms with Gasteiger partial charge in [-0.15, -0.1) is 11.3 Å². The molecule has 2 heterocycles. The van der Waals surface area contributed by atoms with Gasteiger partial charge in [0.25, 0.3) is 0 Å². The number of Topliss-reactive ketones (excluding diaryl/α,β-unsaturated/α-hetero) is 1. The third-order valence-corrected chi connectivity index (χ3v) is 5.20. The van der Waals surface area contributed by atoms with Gasteiger partial charge in [0.1, 0.15) is 16.6 Å². The van der Waals surface area contributed by atoms with Gasteiger partial charge in [-0.3, -0.25) is 4.79 Å². The number of anilines is 2. The van der Waals surface area contributed by atoms with E-state index >= 15 is 0 Å². The second-order valence-corrected chi connectivity index (χ2v) is 7.14. The van der Waals surface area contributed by atoms with E-state index in [9.17, 15) is 15.2 Å². The molecule has 1 aromatic rings. The normalized spacial score (nSPS) is 17.8. The van der Waals surface area contributed by atoms with Gasteiger partial charge in [0, 0.05) is 19.0 Å². The average molecular weight is 307 g/mol. The molecule has 0 bridgehead atoms. The zero-order valence-corrected chi connectivity index (χ0v) is 13.5. The Morgan fingerprint density at radius 3 is 2.52 bits per heavy atom. The minimum absolute atomic E-state index is 0.0238. The Kier molecular flexibility index (Phi) is 4.26. The van der Waals surface area contributed by atoms with Crippen LogP contribution in [0, 0.1) is 17.2 Å². The average Bonchev–Trinajstić information content (AvgIpc) is 2.74. The summed E-state index contributed by atoms with van der Waals surface area (Å²) in [4.78, 5) is 14.7. The molecule has 1 aliphatic heterocycles. The molecule has 1 saturated heterocycles. The molecule has 0 atom stereocenters. The Labute approximate surface area is 129 Å². The number of ketones is 1. The van der Waals surface area contributed by atoms with Crippen LogP contribution in [-0.2, 0) is 0 Å². The van der Waals surface area contributed by atoms with Crippen LogP contribution >= 0.6 is 11.3 Å². The maximum atomic E-state index is 12.2. The molecule has 0 radical (unpaired) electrons. The fraction of sp³-hybridized carbons (Fsp3) is 0.600. The number of aliphatic hydroxyl groups is 1. The number of nitrogen functional groups attached to an aromatic ring is 1. The first kappa shape index (κ1) is 15.8. The van der Waals surface area contributed by atoms with Crippen LogP contribution in [0.2, 0.25) is 0 Å². The van der Waals surface area contributed by atoms with E-state index < -0.39 is 5.60 Å². The molecule has 114 valence electrons. The van der Waals surface area contributed by atoms with Gasteiger partial charge in [0.2, 0.25) is 0 Å². The van der Waals surface area contributed by atoms with Crippen molar-refractivity contribution in [3.8, 4) is 6.07 Å². The van der Waals surface area contributed by atoms with Gasteiger partial charge < -0.3 is 15.7 Å². The first-order valence-electron chi connectivity index (χ1n) is 7.10. The van der Waals surface area contributed by atoms with Gasteiger partial charge >= 0.3 is 0 Å². The van der Waals surface area contributed by atoms with Crippen molar-refractivity contribution in [1.82, 2.24) is 0 Å². The molecule has 2 rings (SSSR count). The molecule has 1 aromatic heterocycles. The van der Waals surface area contributed by atoms with Crippen LogP contribution in [0.1, 0.15) is 48.8 Å². The van der Waals surface area contributed by atoms with Crippen LogP contribution < -0.4 is 10.6 Å². The lowest BCUT2D eigenvalue weighted by Crippen LogP contribution is -2.42. The van der Waals surface area contributed by atoms with E-state index in [1.807, 2.05) is 20.8 Å². The van der Waals surface area contributed by atoms with Crippen LogP contribution in [0.3, 0.4) is 0 Å². The molecule has 3 N–H and O–H groups in total. The highest BCUT2D eigenvalue weighted by molar-refractivity contribution is 7.19. The third-order valence-electron chi connectivity index (χ3n) is 3.91. The Balaban J connectivity index is 2.35. The second-order valence-electron chi connectivity index (χ2n) is 6.14. The summed E-state index contributed by atoms with van der Waals surface area (Å²) in [6, 6.07) is 2.13. The molecule has 1 aliphatic rings. The van der Waals surface area contributed by atoms with Crippen molar-refractivity contribution in [1.29, 1.82) is 5.26 Å². The van der Waals surface area contributed by atoms with E-state index in [0.29, 0.717) is 42.1 Å². The van der Waals surface area contributed by atoms with Crippen molar-refractivity contribution < 1.29 is 9.90 Å². The van der Waals surface area contributed by atoms with Gasteiger partial charge in [0.15, 0.2) is 5.78 Å². The molecule has 0 amide bonds. The SMILES string of the molecule is CC(C)C(=O)c1sc(N2CCC(C)(O)CC2)c(C#N)c1N. The predicted octanol–water partition coefficient (Wildman–Crippen LogP) is 2.39. The van der Waals surface area contributed by atoms with E-state index in [0.717, 1.165) is 5.00 Å². The number of piperidine rings is 1. The number of thiophene rings is 1. The number of nitriles is 1. The second kappa shape index (κ2) is 5.66. The van der Waals surface area contributed by atoms with Crippen molar-refractivity contribution >= 4 is 27.8 Å². The first-order chi connectivity index (χ1) is 9.76. The fourth-order valence-electron chi connectivity index (χ4n) is 2.40. The fourth-order valence-corrected chi connectivity index (χ4v) is 3.71. The zero-order valence-electron chi connectivity index (χ0n) is 12.6. The highest BCUT2D eigenvalue weighted by Crippen LogP contribution is 2.40. The lowest BCUT2D eigenvalue weighted by atomic mass is 9.94. The summed E-state index contributed by atoms with van der Waals surface area (Å²) in [5.74, 6) is -0.170. The highest BCUT2D eigenvalue weighted by atomic mass is 32.1. The summed E-state index contributed by atoms with van der Waals surface area (Å²) in [7, 11) is 0. The van der Waals surface area contributed by atoms with Crippen molar-refractivity contribution in [2.24, 2.45) is 5.92 Å². The molecule has 0 unspecified atom stereocenters. The molecule has 0 aromatic carbocycles. The molecule has 21 heavy (non-hydrogen) atoms. The smallest absolute Gasteiger partial charge is 0.177 e. The maximum Gasteiger partial charge on any atom is 0.177 e. The van der Waals surface area contributed by atoms with Crippen molar-refractivity contribution in [2.45, 2.75) is 39.2 Å². The summed E-state index contributed by atoms with van der Waals surface area (Å²) in [6.45, 7) is 6.80. The Morgan fingerprint density at radius 1 is 1.48 bits per heavy atom. The minimum atomic E-state index is -0.650. The van der Waals surface area contributed by atoms with Crippen LogP contribution in [0.5, 0.6) is 0 Å². The number of hydrogen-bond acceptors (Lipinski definition) is 6. The van der Waals surface area contributed by atoms with E-state index in [1.54, 1.807) is 0 Å². The lowest BCUT2D eigenvalue weighted by molar-refractivity contribution is 0.0352. The van der Waals surface area contributed by atoms with Crippen LogP contribution in [0.15, 0.2) is 0 Å². The van der Waals surface area contributed by atoms with Gasteiger partial charge in [-0.05, 0) is 19.8 Å². The van der Waals surface area contributed by atoms with Crippen molar-refractivity contribution in [2.75, 3.05) is 23.7 Å². The number of carbonyl (C=O) groups excluding carboxylic acids is 1. The maximum absolute atomic E-state index is 12.2. The zero-order chi connectivity index (χ0) is 15.8. The summed E-state index contributed by atoms with van der Waals surface area (Å²) in [5, 5.41) is 20.1. The van der Waals surface area contributed by atoms with E-state index in [-0.39, 0.29) is 11.7 Å². The monoisotopic (exact) mass is 307 g/mol. The summed E-state index contributed by atoms with van der Waals surface area (Å²) in [6.07, 6.45) is 1.28. The molecule has 5 nitrogen and oxygen atoms in total. The first-order valence-corrected chi connectivity index (χ1v) is 7.92. The van der Waals surface area contributed by atoms with E-state index in [1.165, 1.54) is 11.3 Å². The summed E-state index contributed by atoms with van der Waals surface area (Å²) in [5.41, 5.74) is 6.05. The predicted molar refractivity (Wildman–Crippen MR) is 84.7 cm³/mol. The highest BCUT2D eigenvalue weighted by Gasteiger charge is 2.31. The van der Waals surface area contributed by atoms with Gasteiger partial charge in [-0.25, -0.2) is 0 Å². The Bertz CT molecular complexity index is 589. The molecule has 0 saturated carbocycles. The van der Waals surface area contributed by atoms with E-state index in [4.69, 9.17) is 5.73 Å². The molecule has 0 spiro atoms. The number of carbonyl (C=O) groups is 1. The van der Waals surface area contributed by atoms with Crippen LogP contribution in [-0.4, -0.2) is 29.6 Å². The van der Waals surface area contributed by atoms with Gasteiger partial charge in [-0.1, -0.05) is 13.8 Å². The lowest BCUT2D eigenvalue weighted by Gasteiger charge is -2.36. The quantitative estimate of drug-likeness (QED) is 0.837.